The minimum Gasteiger partial charge on any atom is -0.450 e. The van der Waals surface area contributed by atoms with Crippen LogP contribution in [0.5, 0.6) is 0 Å². The number of para-hydroxylation sites is 1. The molecule has 4 nitrogen and oxygen atoms in total. The summed E-state index contributed by atoms with van der Waals surface area (Å²) >= 11 is 0. The molecule has 0 bridgehead atoms. The summed E-state index contributed by atoms with van der Waals surface area (Å²) in [6.07, 6.45) is 1.86. The fourth-order valence-electron chi connectivity index (χ4n) is 3.94. The highest BCUT2D eigenvalue weighted by atomic mass is 16.3. The Morgan fingerprint density at radius 3 is 2.43 bits per heavy atom. The standard InChI is InChI=1S/C24H25NO3/c1-4-5-14-25-21(17-12-10-16(11-13-17)15(2)3)20-22(26)18-8-6-7-9-19(18)28-23(20)24(25)27/h6-13,15,21H,4-5,14H2,1-3H3/t21-/m0/s1. The number of hydrogen-bond acceptors (Lipinski definition) is 3. The Hall–Kier alpha value is -2.88. The van der Waals surface area contributed by atoms with Crippen LogP contribution in [0.3, 0.4) is 0 Å². The summed E-state index contributed by atoms with van der Waals surface area (Å²) in [5.74, 6) is 0.429. The lowest BCUT2D eigenvalue weighted by Crippen LogP contribution is -2.30. The topological polar surface area (TPSA) is 50.5 Å². The van der Waals surface area contributed by atoms with Crippen LogP contribution >= 0.6 is 0 Å². The van der Waals surface area contributed by atoms with Gasteiger partial charge in [0.05, 0.1) is 17.0 Å². The smallest absolute Gasteiger partial charge is 0.290 e. The number of rotatable bonds is 5. The molecule has 28 heavy (non-hydrogen) atoms. The minimum atomic E-state index is -0.392. The molecule has 0 spiro atoms. The van der Waals surface area contributed by atoms with Crippen molar-refractivity contribution in [3.05, 3.63) is 81.2 Å². The fourth-order valence-corrected chi connectivity index (χ4v) is 3.94. The normalized spacial score (nSPS) is 16.2. The summed E-state index contributed by atoms with van der Waals surface area (Å²) in [7, 11) is 0. The van der Waals surface area contributed by atoms with Crippen LogP contribution in [0.15, 0.2) is 57.7 Å². The third kappa shape index (κ3) is 2.93. The van der Waals surface area contributed by atoms with E-state index in [9.17, 15) is 9.59 Å². The zero-order valence-electron chi connectivity index (χ0n) is 16.6. The van der Waals surface area contributed by atoms with Crippen LogP contribution in [0.1, 0.15) is 72.8 Å². The summed E-state index contributed by atoms with van der Waals surface area (Å²) in [5, 5.41) is 0.523. The van der Waals surface area contributed by atoms with E-state index >= 15 is 0 Å². The summed E-state index contributed by atoms with van der Waals surface area (Å²) in [4.78, 5) is 28.2. The first kappa shape index (κ1) is 18.5. The Morgan fingerprint density at radius 1 is 1.04 bits per heavy atom. The molecule has 4 rings (SSSR count). The van der Waals surface area contributed by atoms with E-state index in [2.05, 4.69) is 32.9 Å². The van der Waals surface area contributed by atoms with Gasteiger partial charge in [-0.25, -0.2) is 0 Å². The molecular weight excluding hydrogens is 350 g/mol. The second kappa shape index (κ2) is 7.27. The average molecular weight is 375 g/mol. The molecule has 2 heterocycles. The highest BCUT2D eigenvalue weighted by molar-refractivity contribution is 5.99. The first-order chi connectivity index (χ1) is 13.5. The number of carbonyl (C=O) groups is 1. The Kier molecular flexibility index (Phi) is 4.80. The highest BCUT2D eigenvalue weighted by Crippen LogP contribution is 2.38. The molecule has 0 saturated carbocycles. The van der Waals surface area contributed by atoms with Crippen molar-refractivity contribution in [2.45, 2.75) is 45.6 Å². The van der Waals surface area contributed by atoms with Crippen molar-refractivity contribution >= 4 is 16.9 Å². The third-order valence-corrected chi connectivity index (χ3v) is 5.54. The second-order valence-corrected chi connectivity index (χ2v) is 7.75. The number of fused-ring (bicyclic) bond motifs is 2. The van der Waals surface area contributed by atoms with Gasteiger partial charge in [-0.3, -0.25) is 9.59 Å². The molecule has 0 unspecified atom stereocenters. The predicted octanol–water partition coefficient (Wildman–Crippen LogP) is 5.26. The Bertz CT molecular complexity index is 1080. The average Bonchev–Trinajstić information content (AvgIpc) is 2.99. The number of nitrogens with zero attached hydrogens (tertiary/aromatic N) is 1. The third-order valence-electron chi connectivity index (χ3n) is 5.54. The van der Waals surface area contributed by atoms with E-state index in [1.54, 1.807) is 17.0 Å². The number of carbonyl (C=O) groups excluding carboxylic acids is 1. The van der Waals surface area contributed by atoms with Gasteiger partial charge in [0.15, 0.2) is 5.43 Å². The minimum absolute atomic E-state index is 0.109. The molecule has 0 saturated heterocycles. The van der Waals surface area contributed by atoms with Gasteiger partial charge in [0.25, 0.3) is 5.91 Å². The van der Waals surface area contributed by atoms with E-state index in [0.717, 1.165) is 18.4 Å². The molecule has 3 aromatic rings. The van der Waals surface area contributed by atoms with Crippen molar-refractivity contribution in [3.8, 4) is 0 Å². The van der Waals surface area contributed by atoms with Gasteiger partial charge >= 0.3 is 0 Å². The van der Waals surface area contributed by atoms with Crippen LogP contribution in [0, 0.1) is 0 Å². The maximum absolute atomic E-state index is 13.3. The Labute approximate surface area is 164 Å². The largest absolute Gasteiger partial charge is 0.450 e. The van der Waals surface area contributed by atoms with Crippen LogP contribution < -0.4 is 5.43 Å². The molecule has 1 atom stereocenters. The molecule has 144 valence electrons. The molecule has 4 heteroatoms. The van der Waals surface area contributed by atoms with Gasteiger partial charge < -0.3 is 9.32 Å². The summed E-state index contributed by atoms with van der Waals surface area (Å²) in [6.45, 7) is 7.00. The number of unbranched alkanes of at least 4 members (excludes halogenated alkanes) is 1. The molecule has 0 fully saturated rings. The van der Waals surface area contributed by atoms with Gasteiger partial charge in [-0.2, -0.15) is 0 Å². The quantitative estimate of drug-likeness (QED) is 0.611. The van der Waals surface area contributed by atoms with Crippen molar-refractivity contribution in [1.29, 1.82) is 0 Å². The van der Waals surface area contributed by atoms with Gasteiger partial charge in [-0.15, -0.1) is 0 Å². The molecule has 1 aromatic heterocycles. The van der Waals surface area contributed by atoms with Gasteiger partial charge in [-0.05, 0) is 35.6 Å². The summed E-state index contributed by atoms with van der Waals surface area (Å²) in [6, 6.07) is 15.0. The van der Waals surface area contributed by atoms with Crippen molar-refractivity contribution < 1.29 is 9.21 Å². The van der Waals surface area contributed by atoms with Gasteiger partial charge in [0.1, 0.15) is 5.58 Å². The maximum Gasteiger partial charge on any atom is 0.290 e. The van der Waals surface area contributed by atoms with Gasteiger partial charge in [0, 0.05) is 6.54 Å². The predicted molar refractivity (Wildman–Crippen MR) is 111 cm³/mol. The van der Waals surface area contributed by atoms with Crippen molar-refractivity contribution in [1.82, 2.24) is 4.90 Å². The fraction of sp³-hybridized carbons (Fsp3) is 0.333. The lowest BCUT2D eigenvalue weighted by atomic mass is 9.95. The van der Waals surface area contributed by atoms with Crippen LogP contribution in [0.4, 0.5) is 0 Å². The number of benzene rings is 2. The SMILES string of the molecule is CCCCN1C(=O)c2oc3ccccc3c(=O)c2[C@@H]1c1ccc(C(C)C)cc1. The number of hydrogen-bond donors (Lipinski definition) is 0. The van der Waals surface area contributed by atoms with E-state index in [4.69, 9.17) is 4.42 Å². The lowest BCUT2D eigenvalue weighted by molar-refractivity contribution is 0.0725. The van der Waals surface area contributed by atoms with Crippen LogP contribution in [0.2, 0.25) is 0 Å². The lowest BCUT2D eigenvalue weighted by Gasteiger charge is -2.25. The molecule has 1 amide bonds. The Balaban J connectivity index is 1.91. The zero-order valence-corrected chi connectivity index (χ0v) is 16.6. The molecule has 0 aliphatic carbocycles. The van der Waals surface area contributed by atoms with Crippen LogP contribution in [-0.4, -0.2) is 17.4 Å². The molecular formula is C24H25NO3. The van der Waals surface area contributed by atoms with Crippen LogP contribution in [-0.2, 0) is 0 Å². The van der Waals surface area contributed by atoms with E-state index in [1.165, 1.54) is 5.56 Å². The van der Waals surface area contributed by atoms with Gasteiger partial charge in [-0.1, -0.05) is 63.6 Å². The number of amides is 1. The van der Waals surface area contributed by atoms with E-state index in [0.29, 0.717) is 29.0 Å². The van der Waals surface area contributed by atoms with Gasteiger partial charge in [0.2, 0.25) is 5.76 Å². The van der Waals surface area contributed by atoms with E-state index in [-0.39, 0.29) is 17.1 Å². The first-order valence-electron chi connectivity index (χ1n) is 9.99. The first-order valence-corrected chi connectivity index (χ1v) is 9.99. The Morgan fingerprint density at radius 2 is 1.75 bits per heavy atom. The van der Waals surface area contributed by atoms with E-state index in [1.807, 2.05) is 24.3 Å². The molecule has 0 N–H and O–H groups in total. The van der Waals surface area contributed by atoms with Crippen molar-refractivity contribution in [2.24, 2.45) is 0 Å². The monoisotopic (exact) mass is 375 g/mol. The molecule has 2 aromatic carbocycles. The van der Waals surface area contributed by atoms with Crippen molar-refractivity contribution in [3.63, 3.8) is 0 Å². The summed E-state index contributed by atoms with van der Waals surface area (Å²) < 4.78 is 5.93. The summed E-state index contributed by atoms with van der Waals surface area (Å²) in [5.41, 5.74) is 3.01. The van der Waals surface area contributed by atoms with Crippen LogP contribution in [0.25, 0.3) is 11.0 Å². The molecule has 1 aliphatic heterocycles. The highest BCUT2D eigenvalue weighted by Gasteiger charge is 2.42. The maximum atomic E-state index is 13.3. The zero-order chi connectivity index (χ0) is 19.8. The molecule has 0 radical (unpaired) electrons. The molecule has 1 aliphatic rings. The van der Waals surface area contributed by atoms with Crippen molar-refractivity contribution in [2.75, 3.05) is 6.54 Å². The van der Waals surface area contributed by atoms with E-state index < -0.39 is 6.04 Å². The second-order valence-electron chi connectivity index (χ2n) is 7.75.